The zero-order valence-electron chi connectivity index (χ0n) is 14.7. The van der Waals surface area contributed by atoms with Crippen LogP contribution in [0.5, 0.6) is 5.75 Å². The number of hydrogen-bond donors (Lipinski definition) is 1. The predicted molar refractivity (Wildman–Crippen MR) is 96.2 cm³/mol. The lowest BCUT2D eigenvalue weighted by Gasteiger charge is -2.15. The van der Waals surface area contributed by atoms with Gasteiger partial charge in [0.25, 0.3) is 5.91 Å². The first-order chi connectivity index (χ1) is 12.0. The second-order valence-corrected chi connectivity index (χ2v) is 6.02. The SMILES string of the molecule is CC(C)C(=O)O[C@@H](C)C(=O)Nc1ccc(OCc2ccccc2)cc1. The molecule has 132 valence electrons. The van der Waals surface area contributed by atoms with Gasteiger partial charge in [-0.3, -0.25) is 9.59 Å². The van der Waals surface area contributed by atoms with Gasteiger partial charge in [0.2, 0.25) is 0 Å². The van der Waals surface area contributed by atoms with Crippen molar-refractivity contribution < 1.29 is 19.1 Å². The highest BCUT2D eigenvalue weighted by atomic mass is 16.5. The molecule has 0 saturated heterocycles. The second kappa shape index (κ2) is 8.87. The summed E-state index contributed by atoms with van der Waals surface area (Å²) in [5, 5.41) is 2.72. The van der Waals surface area contributed by atoms with E-state index in [9.17, 15) is 9.59 Å². The summed E-state index contributed by atoms with van der Waals surface area (Å²) in [4.78, 5) is 23.6. The summed E-state index contributed by atoms with van der Waals surface area (Å²) in [7, 11) is 0. The summed E-state index contributed by atoms with van der Waals surface area (Å²) >= 11 is 0. The van der Waals surface area contributed by atoms with Crippen LogP contribution in [0.25, 0.3) is 0 Å². The number of ether oxygens (including phenoxy) is 2. The van der Waals surface area contributed by atoms with Crippen molar-refractivity contribution in [2.75, 3.05) is 5.32 Å². The summed E-state index contributed by atoms with van der Waals surface area (Å²) in [5.74, 6) is -0.323. The van der Waals surface area contributed by atoms with E-state index in [4.69, 9.17) is 9.47 Å². The lowest BCUT2D eigenvalue weighted by Crippen LogP contribution is -2.31. The fourth-order valence-corrected chi connectivity index (χ4v) is 1.98. The summed E-state index contributed by atoms with van der Waals surface area (Å²) < 4.78 is 10.8. The van der Waals surface area contributed by atoms with Crippen molar-refractivity contribution in [3.05, 3.63) is 60.2 Å². The van der Waals surface area contributed by atoms with Gasteiger partial charge in [-0.05, 0) is 36.8 Å². The van der Waals surface area contributed by atoms with Gasteiger partial charge in [-0.25, -0.2) is 0 Å². The zero-order valence-corrected chi connectivity index (χ0v) is 14.7. The molecule has 1 atom stereocenters. The molecule has 0 aliphatic heterocycles. The minimum Gasteiger partial charge on any atom is -0.489 e. The van der Waals surface area contributed by atoms with Crippen molar-refractivity contribution in [1.82, 2.24) is 0 Å². The van der Waals surface area contributed by atoms with Gasteiger partial charge in [-0.1, -0.05) is 44.2 Å². The summed E-state index contributed by atoms with van der Waals surface area (Å²) in [6.45, 7) is 5.48. The topological polar surface area (TPSA) is 64.6 Å². The molecule has 0 aliphatic carbocycles. The van der Waals surface area contributed by atoms with Crippen LogP contribution in [-0.2, 0) is 20.9 Å². The number of carbonyl (C=O) groups is 2. The average molecular weight is 341 g/mol. The molecule has 1 amide bonds. The summed E-state index contributed by atoms with van der Waals surface area (Å²) in [5.41, 5.74) is 1.70. The highest BCUT2D eigenvalue weighted by Gasteiger charge is 2.19. The van der Waals surface area contributed by atoms with Crippen molar-refractivity contribution in [2.45, 2.75) is 33.5 Å². The van der Waals surface area contributed by atoms with E-state index >= 15 is 0 Å². The fourth-order valence-electron chi connectivity index (χ4n) is 1.98. The molecule has 0 heterocycles. The van der Waals surface area contributed by atoms with Crippen LogP contribution >= 0.6 is 0 Å². The first-order valence-electron chi connectivity index (χ1n) is 8.24. The minimum absolute atomic E-state index is 0.267. The number of amides is 1. The zero-order chi connectivity index (χ0) is 18.2. The second-order valence-electron chi connectivity index (χ2n) is 6.02. The van der Waals surface area contributed by atoms with Crippen LogP contribution in [0.15, 0.2) is 54.6 Å². The molecular weight excluding hydrogens is 318 g/mol. The van der Waals surface area contributed by atoms with Gasteiger partial charge in [-0.2, -0.15) is 0 Å². The number of nitrogens with one attached hydrogen (secondary N) is 1. The Morgan fingerprint density at radius 1 is 0.960 bits per heavy atom. The molecule has 2 aromatic carbocycles. The Balaban J connectivity index is 1.85. The van der Waals surface area contributed by atoms with Gasteiger partial charge >= 0.3 is 5.97 Å². The maximum Gasteiger partial charge on any atom is 0.309 e. The average Bonchev–Trinajstić information content (AvgIpc) is 2.61. The molecule has 1 N–H and O–H groups in total. The first-order valence-corrected chi connectivity index (χ1v) is 8.24. The highest BCUT2D eigenvalue weighted by molar-refractivity contribution is 5.95. The smallest absolute Gasteiger partial charge is 0.309 e. The molecule has 0 aliphatic rings. The Bertz CT molecular complexity index is 695. The Kier molecular flexibility index (Phi) is 6.57. The summed E-state index contributed by atoms with van der Waals surface area (Å²) in [6, 6.07) is 16.9. The molecule has 0 spiro atoms. The monoisotopic (exact) mass is 341 g/mol. The third kappa shape index (κ3) is 5.95. The van der Waals surface area contributed by atoms with Gasteiger partial charge in [0.05, 0.1) is 5.92 Å². The van der Waals surface area contributed by atoms with Crippen LogP contribution in [0.3, 0.4) is 0 Å². The molecule has 0 saturated carbocycles. The molecule has 5 nitrogen and oxygen atoms in total. The molecule has 25 heavy (non-hydrogen) atoms. The maximum absolute atomic E-state index is 12.0. The van der Waals surface area contributed by atoms with Crippen molar-refractivity contribution in [1.29, 1.82) is 0 Å². The van der Waals surface area contributed by atoms with Crippen LogP contribution in [0, 0.1) is 5.92 Å². The van der Waals surface area contributed by atoms with E-state index in [1.54, 1.807) is 45.0 Å². The van der Waals surface area contributed by atoms with Crippen LogP contribution in [0.1, 0.15) is 26.3 Å². The molecule has 0 aromatic heterocycles. The number of carbonyl (C=O) groups excluding carboxylic acids is 2. The van der Waals surface area contributed by atoms with E-state index in [0.717, 1.165) is 5.56 Å². The highest BCUT2D eigenvalue weighted by Crippen LogP contribution is 2.17. The fraction of sp³-hybridized carbons (Fsp3) is 0.300. The molecule has 5 heteroatoms. The van der Waals surface area contributed by atoms with E-state index in [-0.39, 0.29) is 11.8 Å². The van der Waals surface area contributed by atoms with Crippen LogP contribution in [0.4, 0.5) is 5.69 Å². The van der Waals surface area contributed by atoms with E-state index in [2.05, 4.69) is 5.32 Å². The van der Waals surface area contributed by atoms with E-state index in [1.807, 2.05) is 30.3 Å². The number of esters is 1. The standard InChI is InChI=1S/C20H23NO4/c1-14(2)20(23)25-15(3)19(22)21-17-9-11-18(12-10-17)24-13-16-7-5-4-6-8-16/h4-12,14-15H,13H2,1-3H3,(H,21,22)/t15-/m0/s1. The Labute approximate surface area is 148 Å². The predicted octanol–water partition coefficient (Wildman–Crippen LogP) is 3.79. The quantitative estimate of drug-likeness (QED) is 0.778. The van der Waals surface area contributed by atoms with Gasteiger partial charge in [0, 0.05) is 5.69 Å². The van der Waals surface area contributed by atoms with Gasteiger partial charge in [-0.15, -0.1) is 0 Å². The molecule has 2 aromatic rings. The first kappa shape index (κ1) is 18.5. The van der Waals surface area contributed by atoms with Crippen molar-refractivity contribution in [3.63, 3.8) is 0 Å². The van der Waals surface area contributed by atoms with Gasteiger partial charge < -0.3 is 14.8 Å². The number of anilines is 1. The third-order valence-electron chi connectivity index (χ3n) is 3.50. The van der Waals surface area contributed by atoms with E-state index in [0.29, 0.717) is 18.0 Å². The lowest BCUT2D eigenvalue weighted by molar-refractivity contribution is -0.156. The number of hydrogen-bond acceptors (Lipinski definition) is 4. The number of rotatable bonds is 7. The molecular formula is C20H23NO4. The minimum atomic E-state index is -0.844. The molecule has 0 radical (unpaired) electrons. The maximum atomic E-state index is 12.0. The van der Waals surface area contributed by atoms with E-state index in [1.165, 1.54) is 0 Å². The lowest BCUT2D eigenvalue weighted by atomic mass is 10.2. The largest absolute Gasteiger partial charge is 0.489 e. The Morgan fingerprint density at radius 3 is 2.20 bits per heavy atom. The van der Waals surface area contributed by atoms with Crippen molar-refractivity contribution in [3.8, 4) is 5.75 Å². The molecule has 2 rings (SSSR count). The van der Waals surface area contributed by atoms with E-state index < -0.39 is 12.1 Å². The number of benzene rings is 2. The van der Waals surface area contributed by atoms with Crippen molar-refractivity contribution >= 4 is 17.6 Å². The Hall–Kier alpha value is -2.82. The Morgan fingerprint density at radius 2 is 1.60 bits per heavy atom. The summed E-state index contributed by atoms with van der Waals surface area (Å²) in [6.07, 6.45) is -0.844. The molecule has 0 bridgehead atoms. The molecule has 0 fully saturated rings. The van der Waals surface area contributed by atoms with Crippen LogP contribution < -0.4 is 10.1 Å². The van der Waals surface area contributed by atoms with Gasteiger partial charge in [0.15, 0.2) is 6.10 Å². The van der Waals surface area contributed by atoms with Crippen LogP contribution in [0.2, 0.25) is 0 Å². The third-order valence-corrected chi connectivity index (χ3v) is 3.50. The normalized spacial score (nSPS) is 11.7. The van der Waals surface area contributed by atoms with Crippen LogP contribution in [-0.4, -0.2) is 18.0 Å². The molecule has 0 unspecified atom stereocenters. The van der Waals surface area contributed by atoms with Crippen molar-refractivity contribution in [2.24, 2.45) is 5.92 Å². The van der Waals surface area contributed by atoms with Gasteiger partial charge in [0.1, 0.15) is 12.4 Å².